The first-order valence-electron chi connectivity index (χ1n) is 5.38. The number of rotatable bonds is 3. The molecule has 0 bridgehead atoms. The number of nitrogen functional groups attached to an aromatic ring is 1. The smallest absolute Gasteiger partial charge is 0.127 e. The predicted molar refractivity (Wildman–Crippen MR) is 67.2 cm³/mol. The van der Waals surface area contributed by atoms with Crippen LogP contribution in [-0.2, 0) is 0 Å². The molecule has 0 saturated carbocycles. The summed E-state index contributed by atoms with van der Waals surface area (Å²) in [6.07, 6.45) is 4.38. The summed E-state index contributed by atoms with van der Waals surface area (Å²) in [5, 5.41) is 3.35. The zero-order valence-corrected chi connectivity index (χ0v) is 9.59. The minimum atomic E-state index is 0.770. The van der Waals surface area contributed by atoms with Crippen molar-refractivity contribution in [2.24, 2.45) is 5.92 Å². The lowest BCUT2D eigenvalue weighted by Gasteiger charge is -2.21. The van der Waals surface area contributed by atoms with Crippen molar-refractivity contribution >= 4 is 23.3 Å². The van der Waals surface area contributed by atoms with Crippen LogP contribution < -0.4 is 11.1 Å². The van der Waals surface area contributed by atoms with Crippen molar-refractivity contribution in [1.82, 2.24) is 4.98 Å². The van der Waals surface area contributed by atoms with E-state index in [2.05, 4.69) is 22.1 Å². The van der Waals surface area contributed by atoms with Crippen molar-refractivity contribution in [2.45, 2.75) is 12.8 Å². The molecule has 2 heterocycles. The Bertz CT molecular complexity index is 310. The van der Waals surface area contributed by atoms with E-state index in [9.17, 15) is 0 Å². The van der Waals surface area contributed by atoms with E-state index >= 15 is 0 Å². The average molecular weight is 223 g/mol. The van der Waals surface area contributed by atoms with Gasteiger partial charge in [-0.15, -0.1) is 0 Å². The SMILES string of the molecule is Nc1ccnc(NCC2CCSCC2)c1. The molecule has 1 aromatic heterocycles. The Balaban J connectivity index is 1.81. The van der Waals surface area contributed by atoms with Gasteiger partial charge in [-0.25, -0.2) is 4.98 Å². The van der Waals surface area contributed by atoms with E-state index in [-0.39, 0.29) is 0 Å². The van der Waals surface area contributed by atoms with Crippen molar-refractivity contribution in [3.8, 4) is 0 Å². The number of thioether (sulfide) groups is 1. The molecule has 0 aromatic carbocycles. The van der Waals surface area contributed by atoms with Gasteiger partial charge in [0.1, 0.15) is 5.82 Å². The number of hydrogen-bond acceptors (Lipinski definition) is 4. The summed E-state index contributed by atoms with van der Waals surface area (Å²) >= 11 is 2.06. The van der Waals surface area contributed by atoms with Gasteiger partial charge in [-0.05, 0) is 36.3 Å². The van der Waals surface area contributed by atoms with E-state index in [0.29, 0.717) is 0 Å². The highest BCUT2D eigenvalue weighted by Gasteiger charge is 2.13. The number of nitrogens with one attached hydrogen (secondary N) is 1. The molecule has 3 N–H and O–H groups in total. The van der Waals surface area contributed by atoms with Crippen molar-refractivity contribution in [2.75, 3.05) is 29.1 Å². The number of pyridine rings is 1. The molecule has 2 rings (SSSR count). The Labute approximate surface area is 94.8 Å². The minimum absolute atomic E-state index is 0.770. The summed E-state index contributed by atoms with van der Waals surface area (Å²) in [5.41, 5.74) is 6.45. The van der Waals surface area contributed by atoms with Gasteiger partial charge in [0.2, 0.25) is 0 Å². The third-order valence-electron chi connectivity index (χ3n) is 2.70. The van der Waals surface area contributed by atoms with Gasteiger partial charge in [0.05, 0.1) is 0 Å². The molecule has 82 valence electrons. The Morgan fingerprint density at radius 1 is 1.47 bits per heavy atom. The summed E-state index contributed by atoms with van der Waals surface area (Å²) in [5.74, 6) is 4.30. The molecule has 1 aliphatic rings. The summed E-state index contributed by atoms with van der Waals surface area (Å²) in [6, 6.07) is 3.69. The first-order chi connectivity index (χ1) is 7.34. The first kappa shape index (κ1) is 10.6. The maximum absolute atomic E-state index is 5.68. The first-order valence-corrected chi connectivity index (χ1v) is 6.53. The monoisotopic (exact) mass is 223 g/mol. The fraction of sp³-hybridized carbons (Fsp3) is 0.545. The number of nitrogens with zero attached hydrogens (tertiary/aromatic N) is 1. The molecule has 15 heavy (non-hydrogen) atoms. The summed E-state index contributed by atoms with van der Waals surface area (Å²) in [7, 11) is 0. The van der Waals surface area contributed by atoms with E-state index in [0.717, 1.165) is 24.0 Å². The summed E-state index contributed by atoms with van der Waals surface area (Å²) in [6.45, 7) is 1.02. The molecular formula is C11H17N3S. The van der Waals surface area contributed by atoms with Crippen molar-refractivity contribution in [3.05, 3.63) is 18.3 Å². The Morgan fingerprint density at radius 2 is 2.27 bits per heavy atom. The van der Waals surface area contributed by atoms with Gasteiger partial charge < -0.3 is 11.1 Å². The van der Waals surface area contributed by atoms with Crippen LogP contribution in [0.25, 0.3) is 0 Å². The maximum atomic E-state index is 5.68. The van der Waals surface area contributed by atoms with Crippen LogP contribution in [0.2, 0.25) is 0 Å². The lowest BCUT2D eigenvalue weighted by atomic mass is 10.0. The predicted octanol–water partition coefficient (Wildman–Crippen LogP) is 2.22. The Hall–Kier alpha value is -0.900. The van der Waals surface area contributed by atoms with Gasteiger partial charge in [-0.3, -0.25) is 0 Å². The van der Waals surface area contributed by atoms with Gasteiger partial charge >= 0.3 is 0 Å². The van der Waals surface area contributed by atoms with Crippen LogP contribution >= 0.6 is 11.8 Å². The summed E-state index contributed by atoms with van der Waals surface area (Å²) < 4.78 is 0. The molecule has 0 unspecified atom stereocenters. The van der Waals surface area contributed by atoms with Crippen LogP contribution in [0.3, 0.4) is 0 Å². The second-order valence-corrected chi connectivity index (χ2v) is 5.14. The van der Waals surface area contributed by atoms with E-state index < -0.39 is 0 Å². The zero-order valence-electron chi connectivity index (χ0n) is 8.78. The number of nitrogens with two attached hydrogens (primary N) is 1. The Morgan fingerprint density at radius 3 is 3.00 bits per heavy atom. The molecule has 0 radical (unpaired) electrons. The lowest BCUT2D eigenvalue weighted by molar-refractivity contribution is 0.515. The molecular weight excluding hydrogens is 206 g/mol. The molecule has 0 atom stereocenters. The third kappa shape index (κ3) is 3.30. The molecule has 0 spiro atoms. The van der Waals surface area contributed by atoms with Gasteiger partial charge in [-0.2, -0.15) is 11.8 Å². The highest BCUT2D eigenvalue weighted by Crippen LogP contribution is 2.22. The molecule has 1 aliphatic heterocycles. The molecule has 1 saturated heterocycles. The van der Waals surface area contributed by atoms with Crippen LogP contribution in [0.15, 0.2) is 18.3 Å². The molecule has 1 aromatic rings. The molecule has 4 heteroatoms. The fourth-order valence-corrected chi connectivity index (χ4v) is 2.95. The molecule has 0 amide bonds. The quantitative estimate of drug-likeness (QED) is 0.825. The second-order valence-electron chi connectivity index (χ2n) is 3.91. The number of aromatic nitrogens is 1. The molecule has 0 aliphatic carbocycles. The van der Waals surface area contributed by atoms with Crippen LogP contribution in [0, 0.1) is 5.92 Å². The van der Waals surface area contributed by atoms with Crippen molar-refractivity contribution < 1.29 is 0 Å². The second kappa shape index (κ2) is 5.26. The normalized spacial score (nSPS) is 17.6. The Kier molecular flexibility index (Phi) is 3.72. The van der Waals surface area contributed by atoms with Crippen LogP contribution in [0.1, 0.15) is 12.8 Å². The number of hydrogen-bond donors (Lipinski definition) is 2. The molecule has 3 nitrogen and oxygen atoms in total. The van der Waals surface area contributed by atoms with E-state index in [4.69, 9.17) is 5.73 Å². The maximum Gasteiger partial charge on any atom is 0.127 e. The largest absolute Gasteiger partial charge is 0.399 e. The van der Waals surface area contributed by atoms with Gasteiger partial charge in [-0.1, -0.05) is 0 Å². The van der Waals surface area contributed by atoms with E-state index in [1.54, 1.807) is 6.20 Å². The minimum Gasteiger partial charge on any atom is -0.399 e. The molecule has 1 fully saturated rings. The topological polar surface area (TPSA) is 50.9 Å². The van der Waals surface area contributed by atoms with Gasteiger partial charge in [0, 0.05) is 24.5 Å². The van der Waals surface area contributed by atoms with Crippen LogP contribution in [-0.4, -0.2) is 23.0 Å². The van der Waals surface area contributed by atoms with Crippen molar-refractivity contribution in [1.29, 1.82) is 0 Å². The van der Waals surface area contributed by atoms with Crippen LogP contribution in [0.4, 0.5) is 11.5 Å². The zero-order chi connectivity index (χ0) is 10.5. The number of anilines is 2. The van der Waals surface area contributed by atoms with Gasteiger partial charge in [0.15, 0.2) is 0 Å². The average Bonchev–Trinajstić information content (AvgIpc) is 2.28. The lowest BCUT2D eigenvalue weighted by Crippen LogP contribution is -2.19. The highest BCUT2D eigenvalue weighted by molar-refractivity contribution is 7.99. The summed E-state index contributed by atoms with van der Waals surface area (Å²) in [4.78, 5) is 4.23. The third-order valence-corrected chi connectivity index (χ3v) is 3.75. The van der Waals surface area contributed by atoms with Crippen LogP contribution in [0.5, 0.6) is 0 Å². The van der Waals surface area contributed by atoms with Crippen molar-refractivity contribution in [3.63, 3.8) is 0 Å². The van der Waals surface area contributed by atoms with Gasteiger partial charge in [0.25, 0.3) is 0 Å². The van der Waals surface area contributed by atoms with E-state index in [1.807, 2.05) is 12.1 Å². The van der Waals surface area contributed by atoms with E-state index in [1.165, 1.54) is 24.3 Å². The standard InChI is InChI=1S/C11H17N3S/c12-10-1-4-13-11(7-10)14-8-9-2-5-15-6-3-9/h1,4,7,9H,2-3,5-6,8H2,(H3,12,13,14). The fourth-order valence-electron chi connectivity index (χ4n) is 1.74. The highest BCUT2D eigenvalue weighted by atomic mass is 32.2.